The van der Waals surface area contributed by atoms with Crippen molar-refractivity contribution in [3.05, 3.63) is 54.1 Å². The second-order valence-electron chi connectivity index (χ2n) is 6.18. The molecule has 2 aromatic rings. The average Bonchev–Trinajstić information content (AvgIpc) is 2.69. The minimum atomic E-state index is -0.964. The van der Waals surface area contributed by atoms with Gasteiger partial charge in [0.2, 0.25) is 0 Å². The topological polar surface area (TPSA) is 62.2 Å². The molecule has 0 atom stereocenters. The molecule has 1 saturated heterocycles. The van der Waals surface area contributed by atoms with E-state index in [0.717, 1.165) is 38.5 Å². The maximum absolute atomic E-state index is 11.2. The summed E-state index contributed by atoms with van der Waals surface area (Å²) in [6, 6.07) is 14.9. The Balaban J connectivity index is 1.45. The standard InChI is InChI=1S/C20H24N2O4/c1-25-17-8-6-16(7-9-17)22-12-10-21(11-13-22)14-15-26-19-5-3-2-4-18(19)20(23)24/h2-9H,10-15H2,1H3,(H,23,24). The third kappa shape index (κ3) is 4.46. The highest BCUT2D eigenvalue weighted by Gasteiger charge is 2.17. The van der Waals surface area contributed by atoms with E-state index in [1.54, 1.807) is 31.4 Å². The number of aromatic carboxylic acids is 1. The highest BCUT2D eigenvalue weighted by molar-refractivity contribution is 5.90. The molecule has 0 saturated carbocycles. The summed E-state index contributed by atoms with van der Waals surface area (Å²) in [6.45, 7) is 5.08. The van der Waals surface area contributed by atoms with Crippen LogP contribution in [0, 0.1) is 0 Å². The smallest absolute Gasteiger partial charge is 0.339 e. The highest BCUT2D eigenvalue weighted by atomic mass is 16.5. The zero-order valence-corrected chi connectivity index (χ0v) is 14.9. The predicted molar refractivity (Wildman–Crippen MR) is 101 cm³/mol. The average molecular weight is 356 g/mol. The van der Waals surface area contributed by atoms with Crippen LogP contribution in [-0.2, 0) is 0 Å². The summed E-state index contributed by atoms with van der Waals surface area (Å²) < 4.78 is 10.9. The molecule has 0 aromatic heterocycles. The van der Waals surface area contributed by atoms with Crippen LogP contribution in [0.5, 0.6) is 11.5 Å². The molecule has 1 heterocycles. The lowest BCUT2D eigenvalue weighted by atomic mass is 10.2. The maximum atomic E-state index is 11.2. The van der Waals surface area contributed by atoms with Gasteiger partial charge in [-0.15, -0.1) is 0 Å². The van der Waals surface area contributed by atoms with E-state index < -0.39 is 5.97 Å². The van der Waals surface area contributed by atoms with Crippen LogP contribution < -0.4 is 14.4 Å². The number of piperazine rings is 1. The number of para-hydroxylation sites is 1. The molecule has 3 rings (SSSR count). The molecule has 1 aliphatic heterocycles. The number of carbonyl (C=O) groups is 1. The van der Waals surface area contributed by atoms with Crippen molar-refractivity contribution in [1.29, 1.82) is 0 Å². The molecular formula is C20H24N2O4. The van der Waals surface area contributed by atoms with Gasteiger partial charge in [0.05, 0.1) is 7.11 Å². The quantitative estimate of drug-likeness (QED) is 0.823. The number of hydrogen-bond donors (Lipinski definition) is 1. The van der Waals surface area contributed by atoms with Crippen LogP contribution in [-0.4, -0.2) is 62.4 Å². The largest absolute Gasteiger partial charge is 0.497 e. The number of ether oxygens (including phenoxy) is 2. The fraction of sp³-hybridized carbons (Fsp3) is 0.350. The molecular weight excluding hydrogens is 332 g/mol. The number of carboxylic acids is 1. The predicted octanol–water partition coefficient (Wildman–Crippen LogP) is 2.59. The van der Waals surface area contributed by atoms with Gasteiger partial charge >= 0.3 is 5.97 Å². The number of hydrogen-bond acceptors (Lipinski definition) is 5. The van der Waals surface area contributed by atoms with Crippen LogP contribution >= 0.6 is 0 Å². The molecule has 1 aliphatic rings. The Morgan fingerprint density at radius 1 is 1.04 bits per heavy atom. The minimum Gasteiger partial charge on any atom is -0.497 e. The van der Waals surface area contributed by atoms with Crippen LogP contribution in [0.1, 0.15) is 10.4 Å². The van der Waals surface area contributed by atoms with E-state index in [-0.39, 0.29) is 5.56 Å². The van der Waals surface area contributed by atoms with E-state index in [0.29, 0.717) is 12.4 Å². The lowest BCUT2D eigenvalue weighted by Gasteiger charge is -2.36. The van der Waals surface area contributed by atoms with Gasteiger partial charge in [0.25, 0.3) is 0 Å². The number of carboxylic acid groups (broad SMARTS) is 1. The van der Waals surface area contributed by atoms with Crippen molar-refractivity contribution in [2.45, 2.75) is 0 Å². The van der Waals surface area contributed by atoms with Crippen LogP contribution in [0.4, 0.5) is 5.69 Å². The van der Waals surface area contributed by atoms with Crippen LogP contribution in [0.25, 0.3) is 0 Å². The van der Waals surface area contributed by atoms with Crippen LogP contribution in [0.2, 0.25) is 0 Å². The second-order valence-corrected chi connectivity index (χ2v) is 6.18. The number of nitrogens with zero attached hydrogens (tertiary/aromatic N) is 2. The van der Waals surface area contributed by atoms with Gasteiger partial charge in [-0.3, -0.25) is 4.90 Å². The molecule has 0 unspecified atom stereocenters. The maximum Gasteiger partial charge on any atom is 0.339 e. The lowest BCUT2D eigenvalue weighted by molar-refractivity contribution is 0.0691. The van der Waals surface area contributed by atoms with Crippen molar-refractivity contribution < 1.29 is 19.4 Å². The summed E-state index contributed by atoms with van der Waals surface area (Å²) in [6.07, 6.45) is 0. The minimum absolute atomic E-state index is 0.205. The van der Waals surface area contributed by atoms with Gasteiger partial charge in [-0.05, 0) is 36.4 Å². The van der Waals surface area contributed by atoms with Gasteiger partial charge in [-0.2, -0.15) is 0 Å². The summed E-state index contributed by atoms with van der Waals surface area (Å²) in [5.74, 6) is 0.330. The summed E-state index contributed by atoms with van der Waals surface area (Å²) in [4.78, 5) is 15.9. The molecule has 0 radical (unpaired) electrons. The van der Waals surface area contributed by atoms with Gasteiger partial charge in [-0.1, -0.05) is 12.1 Å². The van der Waals surface area contributed by atoms with Gasteiger partial charge in [0.15, 0.2) is 0 Å². The van der Waals surface area contributed by atoms with Gasteiger partial charge in [0, 0.05) is 38.4 Å². The third-order valence-electron chi connectivity index (χ3n) is 4.59. The summed E-state index contributed by atoms with van der Waals surface area (Å²) in [5, 5.41) is 9.18. The summed E-state index contributed by atoms with van der Waals surface area (Å²) in [7, 11) is 1.67. The third-order valence-corrected chi connectivity index (χ3v) is 4.59. The van der Waals surface area contributed by atoms with E-state index in [4.69, 9.17) is 9.47 Å². The Bertz CT molecular complexity index is 725. The molecule has 26 heavy (non-hydrogen) atoms. The molecule has 0 amide bonds. The van der Waals surface area contributed by atoms with Crippen molar-refractivity contribution in [1.82, 2.24) is 4.90 Å². The fourth-order valence-electron chi connectivity index (χ4n) is 3.08. The van der Waals surface area contributed by atoms with Gasteiger partial charge in [0.1, 0.15) is 23.7 Å². The molecule has 1 N–H and O–H groups in total. The second kappa shape index (κ2) is 8.58. The number of benzene rings is 2. The molecule has 0 bridgehead atoms. The first kappa shape index (κ1) is 18.1. The molecule has 138 valence electrons. The number of methoxy groups -OCH3 is 1. The van der Waals surface area contributed by atoms with E-state index in [9.17, 15) is 9.90 Å². The Labute approximate surface area is 153 Å². The van der Waals surface area contributed by atoms with Crippen molar-refractivity contribution in [2.75, 3.05) is 51.3 Å². The Hall–Kier alpha value is -2.73. The van der Waals surface area contributed by atoms with Crippen molar-refractivity contribution >= 4 is 11.7 Å². The Morgan fingerprint density at radius 3 is 2.38 bits per heavy atom. The first-order valence-corrected chi connectivity index (χ1v) is 8.74. The first-order valence-electron chi connectivity index (χ1n) is 8.74. The summed E-state index contributed by atoms with van der Waals surface area (Å²) >= 11 is 0. The normalized spacial score (nSPS) is 14.9. The first-order chi connectivity index (χ1) is 12.7. The van der Waals surface area contributed by atoms with E-state index >= 15 is 0 Å². The van der Waals surface area contributed by atoms with E-state index in [2.05, 4.69) is 21.9 Å². The molecule has 0 spiro atoms. The zero-order chi connectivity index (χ0) is 18.4. The highest BCUT2D eigenvalue weighted by Crippen LogP contribution is 2.21. The van der Waals surface area contributed by atoms with Gasteiger partial charge in [-0.25, -0.2) is 4.79 Å². The lowest BCUT2D eigenvalue weighted by Crippen LogP contribution is -2.47. The number of rotatable bonds is 7. The van der Waals surface area contributed by atoms with E-state index in [1.807, 2.05) is 12.1 Å². The Morgan fingerprint density at radius 2 is 1.73 bits per heavy atom. The molecule has 2 aromatic carbocycles. The SMILES string of the molecule is COc1ccc(N2CCN(CCOc3ccccc3C(=O)O)CC2)cc1. The van der Waals surface area contributed by atoms with Crippen LogP contribution in [0.15, 0.2) is 48.5 Å². The van der Waals surface area contributed by atoms with Crippen molar-refractivity contribution in [3.63, 3.8) is 0 Å². The van der Waals surface area contributed by atoms with Crippen molar-refractivity contribution in [3.8, 4) is 11.5 Å². The molecule has 1 fully saturated rings. The summed E-state index contributed by atoms with van der Waals surface area (Å²) in [5.41, 5.74) is 1.41. The number of anilines is 1. The molecule has 6 nitrogen and oxygen atoms in total. The molecule has 6 heteroatoms. The fourth-order valence-corrected chi connectivity index (χ4v) is 3.08. The Kier molecular flexibility index (Phi) is 5.96. The van der Waals surface area contributed by atoms with Gasteiger partial charge < -0.3 is 19.5 Å². The monoisotopic (exact) mass is 356 g/mol. The van der Waals surface area contributed by atoms with Crippen LogP contribution in [0.3, 0.4) is 0 Å². The van der Waals surface area contributed by atoms with Crippen molar-refractivity contribution in [2.24, 2.45) is 0 Å². The zero-order valence-electron chi connectivity index (χ0n) is 14.9. The van der Waals surface area contributed by atoms with E-state index in [1.165, 1.54) is 5.69 Å². The molecule has 0 aliphatic carbocycles.